The standard InChI is InChI=1S/C18H19N3O3/c22-17(12-2-1-3-13(8-12)18(23)20-24)16-14(11-4-5-11)6-7-21-10-19-9-15(16)21/h4-7,9-13,17,22H,1-3,8H2. The number of nitrogens with zero attached hydrogens (tertiary/aromatic N) is 3. The van der Waals surface area contributed by atoms with Gasteiger partial charge in [-0.25, -0.2) is 4.98 Å². The molecule has 1 amide bonds. The van der Waals surface area contributed by atoms with Crippen molar-refractivity contribution in [2.24, 2.45) is 17.0 Å². The summed E-state index contributed by atoms with van der Waals surface area (Å²) in [6, 6.07) is 2.02. The summed E-state index contributed by atoms with van der Waals surface area (Å²) < 4.78 is 1.91. The first-order valence-corrected chi connectivity index (χ1v) is 8.37. The van der Waals surface area contributed by atoms with Gasteiger partial charge in [-0.1, -0.05) is 18.6 Å². The largest absolute Gasteiger partial charge is 0.388 e. The summed E-state index contributed by atoms with van der Waals surface area (Å²) in [5.41, 5.74) is 2.88. The van der Waals surface area contributed by atoms with Crippen LogP contribution in [-0.4, -0.2) is 20.4 Å². The van der Waals surface area contributed by atoms with Crippen molar-refractivity contribution in [3.63, 3.8) is 0 Å². The molecular weight excluding hydrogens is 306 g/mol. The lowest BCUT2D eigenvalue weighted by Gasteiger charge is -2.31. The van der Waals surface area contributed by atoms with E-state index in [0.29, 0.717) is 12.8 Å². The zero-order valence-corrected chi connectivity index (χ0v) is 13.2. The minimum Gasteiger partial charge on any atom is -0.388 e. The normalized spacial score (nSPS) is 24.9. The van der Waals surface area contributed by atoms with E-state index in [1.807, 2.05) is 16.7 Å². The molecule has 4 rings (SSSR count). The molecule has 1 N–H and O–H groups in total. The molecule has 2 aliphatic carbocycles. The maximum Gasteiger partial charge on any atom is 0.289 e. The molecule has 1 fully saturated rings. The lowest BCUT2D eigenvalue weighted by Crippen LogP contribution is -2.26. The van der Waals surface area contributed by atoms with Gasteiger partial charge in [0.05, 0.1) is 24.1 Å². The zero-order chi connectivity index (χ0) is 16.7. The SMILES string of the molecule is O=NC(=O)C1CCCC(C(O)c2c(C3C=C3)ccn3cncc23)C1. The molecular formula is C18H19N3O3. The average Bonchev–Trinajstić information content (AvgIpc) is 3.36. The first-order valence-electron chi connectivity index (χ1n) is 8.37. The van der Waals surface area contributed by atoms with Gasteiger partial charge in [-0.2, -0.15) is 0 Å². The van der Waals surface area contributed by atoms with Crippen molar-refractivity contribution in [3.05, 3.63) is 53.0 Å². The van der Waals surface area contributed by atoms with Crippen LogP contribution in [0.2, 0.25) is 0 Å². The fourth-order valence-electron chi connectivity index (χ4n) is 3.96. The van der Waals surface area contributed by atoms with Crippen LogP contribution in [0.4, 0.5) is 0 Å². The summed E-state index contributed by atoms with van der Waals surface area (Å²) in [5, 5.41) is 13.7. The number of nitroso groups, excluding NO2 is 1. The summed E-state index contributed by atoms with van der Waals surface area (Å²) in [6.45, 7) is 0. The van der Waals surface area contributed by atoms with Crippen molar-refractivity contribution in [3.8, 4) is 0 Å². The lowest BCUT2D eigenvalue weighted by molar-refractivity contribution is -0.123. The number of hydrogen-bond donors (Lipinski definition) is 1. The third-order valence-corrected chi connectivity index (χ3v) is 5.31. The van der Waals surface area contributed by atoms with E-state index in [4.69, 9.17) is 0 Å². The van der Waals surface area contributed by atoms with Gasteiger partial charge in [0.2, 0.25) is 0 Å². The van der Waals surface area contributed by atoms with Crippen LogP contribution >= 0.6 is 0 Å². The number of pyridine rings is 1. The van der Waals surface area contributed by atoms with Gasteiger partial charge in [0.1, 0.15) is 0 Å². The molecule has 2 aromatic heterocycles. The number of allylic oxidation sites excluding steroid dienone is 2. The van der Waals surface area contributed by atoms with Gasteiger partial charge in [-0.15, -0.1) is 4.91 Å². The molecule has 6 heteroatoms. The number of carbonyl (C=O) groups excluding carboxylic acids is 1. The molecule has 0 aromatic carbocycles. The average molecular weight is 325 g/mol. The van der Waals surface area contributed by atoms with Crippen molar-refractivity contribution >= 4 is 11.4 Å². The Balaban J connectivity index is 1.68. The number of aliphatic hydroxyl groups excluding tert-OH is 1. The van der Waals surface area contributed by atoms with Gasteiger partial charge in [-0.05, 0) is 36.8 Å². The second-order valence-electron chi connectivity index (χ2n) is 6.78. The first kappa shape index (κ1) is 15.2. The van der Waals surface area contributed by atoms with Crippen molar-refractivity contribution in [2.45, 2.75) is 37.7 Å². The molecule has 1 saturated carbocycles. The minimum absolute atomic E-state index is 0.0481. The number of fused-ring (bicyclic) bond motifs is 1. The Hall–Kier alpha value is -2.34. The highest BCUT2D eigenvalue weighted by molar-refractivity contribution is 5.79. The van der Waals surface area contributed by atoms with Crippen LogP contribution in [0.5, 0.6) is 0 Å². The molecule has 0 spiro atoms. The molecule has 24 heavy (non-hydrogen) atoms. The Labute approximate surface area is 139 Å². The van der Waals surface area contributed by atoms with Crippen LogP contribution in [-0.2, 0) is 4.79 Å². The van der Waals surface area contributed by atoms with Crippen molar-refractivity contribution < 1.29 is 9.90 Å². The van der Waals surface area contributed by atoms with Gasteiger partial charge in [0, 0.05) is 28.8 Å². The second-order valence-corrected chi connectivity index (χ2v) is 6.78. The van der Waals surface area contributed by atoms with Gasteiger partial charge >= 0.3 is 0 Å². The number of aliphatic hydroxyl groups is 1. The van der Waals surface area contributed by atoms with Crippen molar-refractivity contribution in [1.82, 2.24) is 9.38 Å². The van der Waals surface area contributed by atoms with Crippen LogP contribution in [0.1, 0.15) is 48.8 Å². The molecule has 3 atom stereocenters. The molecule has 6 nitrogen and oxygen atoms in total. The molecule has 124 valence electrons. The van der Waals surface area contributed by atoms with Crippen LogP contribution in [0.3, 0.4) is 0 Å². The van der Waals surface area contributed by atoms with E-state index in [9.17, 15) is 14.8 Å². The summed E-state index contributed by atoms with van der Waals surface area (Å²) in [6.07, 6.45) is 11.8. The number of hydrogen-bond acceptors (Lipinski definition) is 4. The van der Waals surface area contributed by atoms with Crippen LogP contribution in [0, 0.1) is 16.7 Å². The molecule has 3 unspecified atom stereocenters. The molecule has 0 saturated heterocycles. The van der Waals surface area contributed by atoms with Crippen molar-refractivity contribution in [2.75, 3.05) is 0 Å². The highest BCUT2D eigenvalue weighted by atomic mass is 16.3. The van der Waals surface area contributed by atoms with E-state index >= 15 is 0 Å². The van der Waals surface area contributed by atoms with Crippen molar-refractivity contribution in [1.29, 1.82) is 0 Å². The summed E-state index contributed by atoms with van der Waals surface area (Å²) in [7, 11) is 0. The van der Waals surface area contributed by atoms with E-state index in [-0.39, 0.29) is 17.8 Å². The van der Waals surface area contributed by atoms with E-state index in [1.165, 1.54) is 0 Å². The van der Waals surface area contributed by atoms with Gasteiger partial charge in [-0.3, -0.25) is 4.79 Å². The molecule has 0 bridgehead atoms. The Morgan fingerprint density at radius 1 is 1.38 bits per heavy atom. The molecule has 2 aromatic rings. The van der Waals surface area contributed by atoms with Crippen LogP contribution < -0.4 is 0 Å². The van der Waals surface area contributed by atoms with Gasteiger partial charge in [0.25, 0.3) is 5.91 Å². The lowest BCUT2D eigenvalue weighted by atomic mass is 9.76. The fraction of sp³-hybridized carbons (Fsp3) is 0.444. The summed E-state index contributed by atoms with van der Waals surface area (Å²) >= 11 is 0. The van der Waals surface area contributed by atoms with E-state index in [0.717, 1.165) is 29.5 Å². The number of amides is 1. The van der Waals surface area contributed by atoms with E-state index in [1.54, 1.807) is 12.5 Å². The first-order chi connectivity index (χ1) is 11.7. The monoisotopic (exact) mass is 325 g/mol. The van der Waals surface area contributed by atoms with E-state index < -0.39 is 12.0 Å². The Morgan fingerprint density at radius 2 is 2.21 bits per heavy atom. The Kier molecular flexibility index (Phi) is 3.76. The van der Waals surface area contributed by atoms with Crippen LogP contribution in [0.25, 0.3) is 5.52 Å². The van der Waals surface area contributed by atoms with Gasteiger partial charge < -0.3 is 9.51 Å². The van der Waals surface area contributed by atoms with Crippen LogP contribution in [0.15, 0.2) is 42.1 Å². The number of aromatic nitrogens is 2. The summed E-state index contributed by atoms with van der Waals surface area (Å²) in [4.78, 5) is 26.4. The quantitative estimate of drug-likeness (QED) is 0.691. The third-order valence-electron chi connectivity index (χ3n) is 5.31. The van der Waals surface area contributed by atoms with E-state index in [2.05, 4.69) is 22.3 Å². The molecule has 0 radical (unpaired) electrons. The Morgan fingerprint density at radius 3 is 2.96 bits per heavy atom. The molecule has 2 heterocycles. The highest BCUT2D eigenvalue weighted by Crippen LogP contribution is 2.43. The van der Waals surface area contributed by atoms with Gasteiger partial charge in [0.15, 0.2) is 0 Å². The second kappa shape index (κ2) is 5.94. The topological polar surface area (TPSA) is 84.0 Å². The number of imidazole rings is 1. The fourth-order valence-corrected chi connectivity index (χ4v) is 3.96. The number of carbonyl (C=O) groups is 1. The predicted octanol–water partition coefficient (Wildman–Crippen LogP) is 3.12. The Bertz CT molecular complexity index is 820. The molecule has 2 aliphatic rings. The zero-order valence-electron chi connectivity index (χ0n) is 13.2. The predicted molar refractivity (Wildman–Crippen MR) is 88.3 cm³/mol. The maximum atomic E-state index is 11.6. The minimum atomic E-state index is -0.676. The highest BCUT2D eigenvalue weighted by Gasteiger charge is 2.35. The summed E-state index contributed by atoms with van der Waals surface area (Å²) in [5.74, 6) is -0.721. The maximum absolute atomic E-state index is 11.6. The number of rotatable bonds is 4. The third kappa shape index (κ3) is 2.57. The molecule has 0 aliphatic heterocycles. The smallest absolute Gasteiger partial charge is 0.289 e.